The van der Waals surface area contributed by atoms with Crippen LogP contribution in [0, 0.1) is 6.92 Å². The molecule has 2 N–H and O–H groups in total. The van der Waals surface area contributed by atoms with E-state index in [1.807, 2.05) is 6.92 Å². The van der Waals surface area contributed by atoms with Crippen molar-refractivity contribution in [2.75, 3.05) is 18.5 Å². The Kier molecular flexibility index (Phi) is 6.33. The van der Waals surface area contributed by atoms with Gasteiger partial charge >= 0.3 is 5.97 Å². The predicted octanol–water partition coefficient (Wildman–Crippen LogP) is 2.27. The Bertz CT molecular complexity index is 796. The second-order valence-electron chi connectivity index (χ2n) is 5.35. The number of aryl methyl sites for hydroxylation is 1. The Balaban J connectivity index is 1.90. The lowest BCUT2D eigenvalue weighted by Gasteiger charge is -2.09. The van der Waals surface area contributed by atoms with Crippen molar-refractivity contribution in [1.82, 2.24) is 4.98 Å². The summed E-state index contributed by atoms with van der Waals surface area (Å²) in [6.45, 7) is 3.67. The summed E-state index contributed by atoms with van der Waals surface area (Å²) in [7, 11) is 0. The van der Waals surface area contributed by atoms with Gasteiger partial charge in [-0.3, -0.25) is 9.59 Å². The van der Waals surface area contributed by atoms with Gasteiger partial charge in [-0.2, -0.15) is 0 Å². The minimum Gasteiger partial charge on any atom is -0.478 e. The SMILES string of the molecule is CCCOC(=O)c1ccc(NC(=O)COc2c(C)[nH]ccc2=O)cc1. The minimum atomic E-state index is -0.413. The molecule has 2 rings (SSSR count). The third-order valence-corrected chi connectivity index (χ3v) is 3.29. The molecule has 0 radical (unpaired) electrons. The van der Waals surface area contributed by atoms with Crippen molar-refractivity contribution in [3.8, 4) is 5.75 Å². The van der Waals surface area contributed by atoms with Crippen LogP contribution in [0.25, 0.3) is 0 Å². The van der Waals surface area contributed by atoms with Crippen LogP contribution in [-0.4, -0.2) is 30.1 Å². The zero-order chi connectivity index (χ0) is 18.2. The lowest BCUT2D eigenvalue weighted by molar-refractivity contribution is -0.118. The monoisotopic (exact) mass is 344 g/mol. The first-order valence-electron chi connectivity index (χ1n) is 7.89. The molecular weight excluding hydrogens is 324 g/mol. The minimum absolute atomic E-state index is 0.117. The molecule has 0 saturated heterocycles. The van der Waals surface area contributed by atoms with E-state index in [-0.39, 0.29) is 17.8 Å². The zero-order valence-electron chi connectivity index (χ0n) is 14.1. The molecule has 2 aromatic rings. The molecule has 1 heterocycles. The molecule has 25 heavy (non-hydrogen) atoms. The molecule has 0 saturated carbocycles. The van der Waals surface area contributed by atoms with Crippen LogP contribution in [0.4, 0.5) is 5.69 Å². The molecule has 0 unspecified atom stereocenters. The number of aromatic nitrogens is 1. The molecule has 0 fully saturated rings. The topological polar surface area (TPSA) is 97.5 Å². The van der Waals surface area contributed by atoms with E-state index < -0.39 is 11.9 Å². The van der Waals surface area contributed by atoms with Crippen LogP contribution in [0.1, 0.15) is 29.4 Å². The van der Waals surface area contributed by atoms with Crippen molar-refractivity contribution in [2.45, 2.75) is 20.3 Å². The van der Waals surface area contributed by atoms with E-state index in [1.165, 1.54) is 12.3 Å². The highest BCUT2D eigenvalue weighted by Gasteiger charge is 2.10. The largest absolute Gasteiger partial charge is 0.478 e. The number of amides is 1. The Morgan fingerprint density at radius 3 is 2.52 bits per heavy atom. The number of rotatable bonds is 7. The summed E-state index contributed by atoms with van der Waals surface area (Å²) in [6.07, 6.45) is 2.27. The average Bonchev–Trinajstić information content (AvgIpc) is 2.60. The van der Waals surface area contributed by atoms with Crippen LogP contribution in [0.5, 0.6) is 5.75 Å². The van der Waals surface area contributed by atoms with Gasteiger partial charge in [0.25, 0.3) is 5.91 Å². The fourth-order valence-corrected chi connectivity index (χ4v) is 2.05. The summed E-state index contributed by atoms with van der Waals surface area (Å²) in [5, 5.41) is 2.63. The summed E-state index contributed by atoms with van der Waals surface area (Å²) in [6, 6.07) is 7.67. The Morgan fingerprint density at radius 1 is 1.16 bits per heavy atom. The van der Waals surface area contributed by atoms with E-state index in [2.05, 4.69) is 10.3 Å². The fourth-order valence-electron chi connectivity index (χ4n) is 2.05. The van der Waals surface area contributed by atoms with Gasteiger partial charge in [0.1, 0.15) is 0 Å². The van der Waals surface area contributed by atoms with Crippen molar-refractivity contribution in [2.24, 2.45) is 0 Å². The maximum atomic E-state index is 11.9. The van der Waals surface area contributed by atoms with Gasteiger partial charge in [0.2, 0.25) is 5.43 Å². The fraction of sp³-hybridized carbons (Fsp3) is 0.278. The lowest BCUT2D eigenvalue weighted by Crippen LogP contribution is -2.22. The van der Waals surface area contributed by atoms with Crippen molar-refractivity contribution in [1.29, 1.82) is 0 Å². The highest BCUT2D eigenvalue weighted by molar-refractivity contribution is 5.93. The highest BCUT2D eigenvalue weighted by atomic mass is 16.5. The van der Waals surface area contributed by atoms with Crippen LogP contribution in [0.15, 0.2) is 41.3 Å². The molecule has 0 atom stereocenters. The summed E-state index contributed by atoms with van der Waals surface area (Å²) >= 11 is 0. The van der Waals surface area contributed by atoms with Crippen LogP contribution in [-0.2, 0) is 9.53 Å². The molecule has 1 aromatic carbocycles. The van der Waals surface area contributed by atoms with E-state index in [1.54, 1.807) is 31.2 Å². The molecule has 1 aromatic heterocycles. The zero-order valence-corrected chi connectivity index (χ0v) is 14.1. The number of esters is 1. The Labute approximate surface area is 145 Å². The van der Waals surface area contributed by atoms with Crippen molar-refractivity contribution in [3.63, 3.8) is 0 Å². The molecule has 0 aliphatic carbocycles. The normalized spacial score (nSPS) is 10.2. The summed E-state index contributed by atoms with van der Waals surface area (Å²) in [5.41, 5.74) is 1.18. The number of hydrogen-bond donors (Lipinski definition) is 2. The van der Waals surface area contributed by atoms with Gasteiger partial charge in [0, 0.05) is 18.0 Å². The smallest absolute Gasteiger partial charge is 0.338 e. The van der Waals surface area contributed by atoms with Crippen molar-refractivity contribution >= 4 is 17.6 Å². The quantitative estimate of drug-likeness (QED) is 0.751. The first kappa shape index (κ1) is 18.3. The molecule has 0 aliphatic heterocycles. The third-order valence-electron chi connectivity index (χ3n) is 3.29. The number of H-pyrrole nitrogens is 1. The maximum Gasteiger partial charge on any atom is 0.338 e. The highest BCUT2D eigenvalue weighted by Crippen LogP contribution is 2.11. The number of aromatic amines is 1. The van der Waals surface area contributed by atoms with Gasteiger partial charge in [-0.15, -0.1) is 0 Å². The van der Waals surface area contributed by atoms with Gasteiger partial charge in [0.15, 0.2) is 12.4 Å². The van der Waals surface area contributed by atoms with E-state index in [0.717, 1.165) is 6.42 Å². The van der Waals surface area contributed by atoms with E-state index in [9.17, 15) is 14.4 Å². The predicted molar refractivity (Wildman–Crippen MR) is 92.9 cm³/mol. The molecule has 132 valence electrons. The molecule has 1 amide bonds. The van der Waals surface area contributed by atoms with E-state index in [4.69, 9.17) is 9.47 Å². The van der Waals surface area contributed by atoms with E-state index in [0.29, 0.717) is 23.6 Å². The van der Waals surface area contributed by atoms with Gasteiger partial charge in [-0.05, 0) is 37.6 Å². The van der Waals surface area contributed by atoms with Gasteiger partial charge in [-0.25, -0.2) is 4.79 Å². The van der Waals surface area contributed by atoms with Crippen LogP contribution >= 0.6 is 0 Å². The first-order chi connectivity index (χ1) is 12.0. The molecule has 7 heteroatoms. The lowest BCUT2D eigenvalue weighted by atomic mass is 10.2. The van der Waals surface area contributed by atoms with Gasteiger partial charge in [0.05, 0.1) is 17.9 Å². The number of benzene rings is 1. The Morgan fingerprint density at radius 2 is 1.88 bits per heavy atom. The molecule has 0 bridgehead atoms. The van der Waals surface area contributed by atoms with Crippen molar-refractivity contribution < 1.29 is 19.1 Å². The number of pyridine rings is 1. The number of carbonyl (C=O) groups excluding carboxylic acids is 2. The number of ether oxygens (including phenoxy) is 2. The van der Waals surface area contributed by atoms with Crippen LogP contribution in [0.3, 0.4) is 0 Å². The number of hydrogen-bond acceptors (Lipinski definition) is 5. The van der Waals surface area contributed by atoms with Gasteiger partial charge in [-0.1, -0.05) is 6.92 Å². The molecule has 7 nitrogen and oxygen atoms in total. The standard InChI is InChI=1S/C18H20N2O5/c1-3-10-24-18(23)13-4-6-14(7-5-13)20-16(22)11-25-17-12(2)19-9-8-15(17)21/h4-9H,3,10-11H2,1-2H3,(H,19,21)(H,20,22). The molecular formula is C18H20N2O5. The maximum absolute atomic E-state index is 11.9. The second kappa shape index (κ2) is 8.68. The number of anilines is 1. The number of nitrogens with one attached hydrogen (secondary N) is 2. The second-order valence-corrected chi connectivity index (χ2v) is 5.35. The van der Waals surface area contributed by atoms with E-state index >= 15 is 0 Å². The van der Waals surface area contributed by atoms with Gasteiger partial charge < -0.3 is 19.8 Å². The summed E-state index contributed by atoms with van der Waals surface area (Å²) in [4.78, 5) is 38.1. The van der Waals surface area contributed by atoms with Crippen LogP contribution < -0.4 is 15.5 Å². The van der Waals surface area contributed by atoms with Crippen molar-refractivity contribution in [3.05, 3.63) is 58.0 Å². The van der Waals surface area contributed by atoms with Crippen LogP contribution in [0.2, 0.25) is 0 Å². The first-order valence-corrected chi connectivity index (χ1v) is 7.89. The Hall–Kier alpha value is -3.09. The molecule has 0 spiro atoms. The molecule has 0 aliphatic rings. The summed E-state index contributed by atoms with van der Waals surface area (Å²) < 4.78 is 10.3. The number of carbonyl (C=O) groups is 2. The average molecular weight is 344 g/mol. The summed E-state index contributed by atoms with van der Waals surface area (Å²) in [5.74, 6) is -0.697. The third kappa shape index (κ3) is 5.20.